The number of nitro benzene ring substituents is 1. The molecule has 0 unspecified atom stereocenters. The molecule has 9 heteroatoms. The van der Waals surface area contributed by atoms with Crippen LogP contribution in [0.25, 0.3) is 0 Å². The highest BCUT2D eigenvalue weighted by Crippen LogP contribution is 2.26. The average molecular weight is 374 g/mol. The number of nitrogens with one attached hydrogen (secondary N) is 1. The van der Waals surface area contributed by atoms with Crippen molar-refractivity contribution in [3.05, 3.63) is 39.4 Å². The zero-order valence-electron chi connectivity index (χ0n) is 15.0. The van der Waals surface area contributed by atoms with E-state index in [2.05, 4.69) is 5.32 Å². The van der Waals surface area contributed by atoms with Gasteiger partial charge in [-0.1, -0.05) is 12.8 Å². The minimum Gasteiger partial charge on any atom is -0.338 e. The van der Waals surface area contributed by atoms with E-state index in [4.69, 9.17) is 0 Å². The second kappa shape index (κ2) is 8.15. The van der Waals surface area contributed by atoms with Crippen LogP contribution in [0.15, 0.2) is 18.2 Å². The summed E-state index contributed by atoms with van der Waals surface area (Å²) in [6, 6.07) is 3.55. The molecule has 0 aliphatic carbocycles. The molecule has 1 aromatic carbocycles. The number of likely N-dealkylation sites (tertiary alicyclic amines) is 1. The number of nitro groups is 1. The largest absolute Gasteiger partial charge is 0.338 e. The number of amides is 4. The maximum absolute atomic E-state index is 12.4. The van der Waals surface area contributed by atoms with Crippen LogP contribution in [0, 0.1) is 10.1 Å². The number of nitrogens with zero attached hydrogens (tertiary/aromatic N) is 3. The van der Waals surface area contributed by atoms with Gasteiger partial charge in [-0.05, 0) is 25.3 Å². The summed E-state index contributed by atoms with van der Waals surface area (Å²) in [6.07, 6.45) is 4.72. The molecular weight excluding hydrogens is 352 g/mol. The lowest BCUT2D eigenvalue weighted by atomic mass is 10.1. The Kier molecular flexibility index (Phi) is 5.68. The van der Waals surface area contributed by atoms with Crippen molar-refractivity contribution in [2.45, 2.75) is 32.1 Å². The number of benzene rings is 1. The number of hydrogen-bond acceptors (Lipinski definition) is 5. The highest BCUT2D eigenvalue weighted by Gasteiger charge is 2.36. The van der Waals surface area contributed by atoms with Gasteiger partial charge in [0.05, 0.1) is 16.1 Å². The summed E-state index contributed by atoms with van der Waals surface area (Å²) in [5.41, 5.74) is 0.0171. The standard InChI is InChI=1S/C18H22N4O5/c23-16-14-7-6-13(22(26)27)12-15(14)17(24)21(16)11-5-8-19-18(25)20-9-3-1-2-4-10-20/h6-7,12H,1-5,8-11H2,(H,19,25). The Morgan fingerprint density at radius 2 is 1.74 bits per heavy atom. The molecule has 0 saturated carbocycles. The van der Waals surface area contributed by atoms with Crippen molar-refractivity contribution in [1.82, 2.24) is 15.1 Å². The zero-order valence-corrected chi connectivity index (χ0v) is 15.0. The average Bonchev–Trinajstić information content (AvgIpc) is 2.86. The van der Waals surface area contributed by atoms with E-state index in [1.165, 1.54) is 12.1 Å². The Bertz CT molecular complexity index is 771. The van der Waals surface area contributed by atoms with Crippen LogP contribution in [0.1, 0.15) is 52.8 Å². The fourth-order valence-electron chi connectivity index (χ4n) is 3.41. The van der Waals surface area contributed by atoms with Crippen LogP contribution in [-0.2, 0) is 0 Å². The van der Waals surface area contributed by atoms with Gasteiger partial charge in [0.25, 0.3) is 17.5 Å². The third kappa shape index (κ3) is 4.07. The summed E-state index contributed by atoms with van der Waals surface area (Å²) in [7, 11) is 0. The maximum atomic E-state index is 12.4. The number of urea groups is 1. The number of imide groups is 1. The first-order chi connectivity index (χ1) is 13.0. The van der Waals surface area contributed by atoms with Crippen LogP contribution >= 0.6 is 0 Å². The Balaban J connectivity index is 1.51. The van der Waals surface area contributed by atoms with Gasteiger partial charge >= 0.3 is 6.03 Å². The molecule has 0 atom stereocenters. The summed E-state index contributed by atoms with van der Waals surface area (Å²) in [5, 5.41) is 13.7. The SMILES string of the molecule is O=C(NCCCN1C(=O)c2ccc([N+](=O)[O-])cc2C1=O)N1CCCCCC1. The van der Waals surface area contributed by atoms with Crippen LogP contribution in [0.3, 0.4) is 0 Å². The van der Waals surface area contributed by atoms with Crippen molar-refractivity contribution in [1.29, 1.82) is 0 Å². The molecule has 144 valence electrons. The Morgan fingerprint density at radius 3 is 2.41 bits per heavy atom. The molecule has 1 N–H and O–H groups in total. The molecule has 9 nitrogen and oxygen atoms in total. The first-order valence-electron chi connectivity index (χ1n) is 9.16. The number of fused-ring (bicyclic) bond motifs is 1. The molecular formula is C18H22N4O5. The number of carbonyl (C=O) groups is 3. The number of non-ortho nitro benzene ring substituents is 1. The van der Waals surface area contributed by atoms with E-state index < -0.39 is 16.7 Å². The van der Waals surface area contributed by atoms with Gasteiger partial charge in [0.1, 0.15) is 0 Å². The molecule has 2 aliphatic heterocycles. The normalized spacial score (nSPS) is 16.9. The van der Waals surface area contributed by atoms with Gasteiger partial charge < -0.3 is 10.2 Å². The van der Waals surface area contributed by atoms with Crippen LogP contribution in [0.4, 0.5) is 10.5 Å². The minimum absolute atomic E-state index is 0.0582. The first kappa shape index (κ1) is 18.8. The minimum atomic E-state index is -0.598. The van der Waals surface area contributed by atoms with E-state index in [9.17, 15) is 24.5 Å². The Morgan fingerprint density at radius 1 is 1.07 bits per heavy atom. The Labute approximate surface area is 156 Å². The van der Waals surface area contributed by atoms with Gasteiger partial charge in [-0.15, -0.1) is 0 Å². The van der Waals surface area contributed by atoms with Crippen LogP contribution < -0.4 is 5.32 Å². The van der Waals surface area contributed by atoms with Gasteiger partial charge in [0, 0.05) is 38.3 Å². The molecule has 1 saturated heterocycles. The van der Waals surface area contributed by atoms with Gasteiger partial charge in [-0.2, -0.15) is 0 Å². The highest BCUT2D eigenvalue weighted by molar-refractivity contribution is 6.21. The molecule has 2 aliphatic rings. The fraction of sp³-hybridized carbons (Fsp3) is 0.500. The summed E-state index contributed by atoms with van der Waals surface area (Å²) in [4.78, 5) is 50.0. The second-order valence-corrected chi connectivity index (χ2v) is 6.74. The predicted molar refractivity (Wildman–Crippen MR) is 96.5 cm³/mol. The topological polar surface area (TPSA) is 113 Å². The van der Waals surface area contributed by atoms with Gasteiger partial charge in [0.15, 0.2) is 0 Å². The number of rotatable bonds is 5. The Hall–Kier alpha value is -2.97. The van der Waals surface area contributed by atoms with Crippen molar-refractivity contribution < 1.29 is 19.3 Å². The molecule has 27 heavy (non-hydrogen) atoms. The lowest BCUT2D eigenvalue weighted by molar-refractivity contribution is -0.384. The van der Waals surface area contributed by atoms with Gasteiger partial charge in [0.2, 0.25) is 0 Å². The maximum Gasteiger partial charge on any atom is 0.317 e. The van der Waals surface area contributed by atoms with Crippen LogP contribution in [-0.4, -0.2) is 58.7 Å². The summed E-state index contributed by atoms with van der Waals surface area (Å²) in [5.74, 6) is -0.985. The number of carbonyl (C=O) groups excluding carboxylic acids is 3. The van der Waals surface area contributed by atoms with Crippen molar-refractivity contribution in [2.24, 2.45) is 0 Å². The smallest absolute Gasteiger partial charge is 0.317 e. The van der Waals surface area contributed by atoms with E-state index in [1.807, 2.05) is 0 Å². The summed E-state index contributed by atoms with van der Waals surface area (Å²) < 4.78 is 0. The second-order valence-electron chi connectivity index (χ2n) is 6.74. The van der Waals surface area contributed by atoms with Crippen molar-refractivity contribution >= 4 is 23.5 Å². The molecule has 0 aromatic heterocycles. The third-order valence-electron chi connectivity index (χ3n) is 4.89. The molecule has 2 heterocycles. The van der Waals surface area contributed by atoms with E-state index in [1.54, 1.807) is 4.90 Å². The quantitative estimate of drug-likeness (QED) is 0.367. The molecule has 0 radical (unpaired) electrons. The molecule has 1 aromatic rings. The van der Waals surface area contributed by atoms with Gasteiger partial charge in [-0.3, -0.25) is 24.6 Å². The first-order valence-corrected chi connectivity index (χ1v) is 9.16. The van der Waals surface area contributed by atoms with Crippen LogP contribution in [0.5, 0.6) is 0 Å². The highest BCUT2D eigenvalue weighted by atomic mass is 16.6. The van der Waals surface area contributed by atoms with Crippen molar-refractivity contribution in [2.75, 3.05) is 26.2 Å². The lowest BCUT2D eigenvalue weighted by Crippen LogP contribution is -2.41. The fourth-order valence-corrected chi connectivity index (χ4v) is 3.41. The third-order valence-corrected chi connectivity index (χ3v) is 4.89. The molecule has 4 amide bonds. The van der Waals surface area contributed by atoms with E-state index in [0.717, 1.165) is 49.7 Å². The zero-order chi connectivity index (χ0) is 19.4. The van der Waals surface area contributed by atoms with Crippen molar-refractivity contribution in [3.8, 4) is 0 Å². The van der Waals surface area contributed by atoms with E-state index in [0.29, 0.717) is 13.0 Å². The predicted octanol–water partition coefficient (Wildman–Crippen LogP) is 2.17. The van der Waals surface area contributed by atoms with E-state index in [-0.39, 0.29) is 29.4 Å². The summed E-state index contributed by atoms with van der Waals surface area (Å²) >= 11 is 0. The van der Waals surface area contributed by atoms with Crippen LogP contribution in [0.2, 0.25) is 0 Å². The number of hydrogen-bond donors (Lipinski definition) is 1. The molecule has 1 fully saturated rings. The summed E-state index contributed by atoms with van der Waals surface area (Å²) in [6.45, 7) is 2.01. The monoisotopic (exact) mass is 374 g/mol. The molecule has 0 bridgehead atoms. The van der Waals surface area contributed by atoms with Gasteiger partial charge in [-0.25, -0.2) is 4.79 Å². The molecule has 0 spiro atoms. The molecule has 3 rings (SSSR count). The lowest BCUT2D eigenvalue weighted by Gasteiger charge is -2.21. The van der Waals surface area contributed by atoms with Crippen molar-refractivity contribution in [3.63, 3.8) is 0 Å². The van der Waals surface area contributed by atoms with E-state index >= 15 is 0 Å².